The summed E-state index contributed by atoms with van der Waals surface area (Å²) in [5.41, 5.74) is 1.41. The first-order valence-electron chi connectivity index (χ1n) is 9.03. The van der Waals surface area contributed by atoms with Crippen molar-refractivity contribution in [3.8, 4) is 5.75 Å². The van der Waals surface area contributed by atoms with Crippen LogP contribution in [0.15, 0.2) is 47.4 Å². The minimum absolute atomic E-state index is 0.136. The molecule has 3 rings (SSSR count). The number of hydrogen-bond acceptors (Lipinski definition) is 4. The molecule has 0 saturated carbocycles. The third-order valence-electron chi connectivity index (χ3n) is 4.70. The third kappa shape index (κ3) is 4.55. The van der Waals surface area contributed by atoms with E-state index >= 15 is 0 Å². The summed E-state index contributed by atoms with van der Waals surface area (Å²) in [5.74, 6) is -0.669. The molecule has 0 radical (unpaired) electrons. The highest BCUT2D eigenvalue weighted by Crippen LogP contribution is 2.33. The molecule has 1 aliphatic rings. The number of fused-ring (bicyclic) bond motifs is 1. The minimum atomic E-state index is -4.78. The molecule has 0 atom stereocenters. The van der Waals surface area contributed by atoms with E-state index in [1.165, 1.54) is 47.4 Å². The molecule has 0 aliphatic carbocycles. The molecule has 0 bridgehead atoms. The first-order valence-corrected chi connectivity index (χ1v) is 10.6. The number of nitrogens with zero attached hydrogens (tertiary/aromatic N) is 1. The maximum absolute atomic E-state index is 12.9. The lowest BCUT2D eigenvalue weighted by molar-refractivity contribution is -0.274. The number of aryl methyl sites for hydroxylation is 1. The van der Waals surface area contributed by atoms with Crippen LogP contribution in [0.3, 0.4) is 0 Å². The summed E-state index contributed by atoms with van der Waals surface area (Å²) in [6, 6.07) is 9.60. The number of carbonyl (C=O) groups excluding carboxylic acids is 1. The predicted octanol–water partition coefficient (Wildman–Crippen LogP) is 4.36. The third-order valence-corrected chi connectivity index (χ3v) is 6.87. The predicted molar refractivity (Wildman–Crippen MR) is 102 cm³/mol. The van der Waals surface area contributed by atoms with Gasteiger partial charge in [-0.25, -0.2) is 8.42 Å². The van der Waals surface area contributed by atoms with Crippen molar-refractivity contribution in [3.63, 3.8) is 0 Å². The Morgan fingerprint density at radius 1 is 1.10 bits per heavy atom. The van der Waals surface area contributed by atoms with E-state index in [0.717, 1.165) is 0 Å². The lowest BCUT2D eigenvalue weighted by Crippen LogP contribution is -2.35. The Morgan fingerprint density at radius 2 is 1.76 bits per heavy atom. The van der Waals surface area contributed by atoms with E-state index in [1.54, 1.807) is 13.8 Å². The number of hydrogen-bond donors (Lipinski definition) is 0. The standard InChI is InChI=1S/C20H20F3NO4S/c1-13(2)29(26,27)17-8-5-14(6-9-17)19(25)24-11-3-4-15-12-16(7-10-18(15)24)28-20(21,22)23/h5-10,12-13H,3-4,11H2,1-2H3. The van der Waals surface area contributed by atoms with E-state index in [9.17, 15) is 26.4 Å². The van der Waals surface area contributed by atoms with Crippen LogP contribution in [-0.2, 0) is 16.3 Å². The van der Waals surface area contributed by atoms with Crippen LogP contribution < -0.4 is 9.64 Å². The first-order chi connectivity index (χ1) is 13.5. The van der Waals surface area contributed by atoms with Gasteiger partial charge in [-0.05, 0) is 74.7 Å². The Kier molecular flexibility index (Phi) is 5.62. The van der Waals surface area contributed by atoms with Gasteiger partial charge in [0.15, 0.2) is 9.84 Å². The van der Waals surface area contributed by atoms with Gasteiger partial charge in [-0.15, -0.1) is 13.2 Å². The molecular weight excluding hydrogens is 407 g/mol. The molecule has 1 heterocycles. The summed E-state index contributed by atoms with van der Waals surface area (Å²) in [6.07, 6.45) is -3.66. The molecule has 5 nitrogen and oxygen atoms in total. The van der Waals surface area contributed by atoms with Crippen molar-refractivity contribution in [2.24, 2.45) is 0 Å². The molecule has 2 aromatic carbocycles. The van der Waals surface area contributed by atoms with Crippen molar-refractivity contribution in [2.75, 3.05) is 11.4 Å². The fourth-order valence-electron chi connectivity index (χ4n) is 3.20. The smallest absolute Gasteiger partial charge is 0.406 e. The van der Waals surface area contributed by atoms with E-state index in [0.29, 0.717) is 36.2 Å². The van der Waals surface area contributed by atoms with Gasteiger partial charge in [0.25, 0.3) is 5.91 Å². The van der Waals surface area contributed by atoms with Gasteiger partial charge in [0.2, 0.25) is 0 Å². The summed E-state index contributed by atoms with van der Waals surface area (Å²) in [6.45, 7) is 3.57. The average Bonchev–Trinajstić information content (AvgIpc) is 2.65. The van der Waals surface area contributed by atoms with Crippen molar-refractivity contribution in [2.45, 2.75) is 43.2 Å². The van der Waals surface area contributed by atoms with Gasteiger partial charge in [0.1, 0.15) is 5.75 Å². The number of carbonyl (C=O) groups is 1. The van der Waals surface area contributed by atoms with Crippen LogP contribution in [-0.4, -0.2) is 32.5 Å². The molecule has 0 aromatic heterocycles. The molecule has 0 N–H and O–H groups in total. The van der Waals surface area contributed by atoms with E-state index < -0.39 is 21.4 Å². The lowest BCUT2D eigenvalue weighted by atomic mass is 10.0. The average molecular weight is 427 g/mol. The highest BCUT2D eigenvalue weighted by Gasteiger charge is 2.32. The number of ether oxygens (including phenoxy) is 1. The number of benzene rings is 2. The van der Waals surface area contributed by atoms with E-state index in [-0.39, 0.29) is 16.6 Å². The molecule has 1 amide bonds. The Bertz CT molecular complexity index is 1020. The highest BCUT2D eigenvalue weighted by atomic mass is 32.2. The van der Waals surface area contributed by atoms with Gasteiger partial charge in [-0.3, -0.25) is 4.79 Å². The second-order valence-electron chi connectivity index (χ2n) is 7.02. The van der Waals surface area contributed by atoms with Crippen LogP contribution in [0.2, 0.25) is 0 Å². The molecule has 2 aromatic rings. The summed E-state index contributed by atoms with van der Waals surface area (Å²) in [5, 5.41) is -0.578. The monoisotopic (exact) mass is 427 g/mol. The number of halogens is 3. The summed E-state index contributed by atoms with van der Waals surface area (Å²) >= 11 is 0. The van der Waals surface area contributed by atoms with Crippen molar-refractivity contribution >= 4 is 21.4 Å². The zero-order chi connectivity index (χ0) is 21.4. The Hall–Kier alpha value is -2.55. The van der Waals surface area contributed by atoms with Crippen LogP contribution >= 0.6 is 0 Å². The van der Waals surface area contributed by atoms with Gasteiger partial charge in [-0.1, -0.05) is 0 Å². The molecule has 1 aliphatic heterocycles. The fraction of sp³-hybridized carbons (Fsp3) is 0.350. The topological polar surface area (TPSA) is 63.7 Å². The molecule has 29 heavy (non-hydrogen) atoms. The molecule has 0 fully saturated rings. The second-order valence-corrected chi connectivity index (χ2v) is 9.52. The number of sulfone groups is 1. The normalized spacial score (nSPS) is 14.6. The Balaban J connectivity index is 1.86. The summed E-state index contributed by atoms with van der Waals surface area (Å²) in [4.78, 5) is 14.6. The fourth-order valence-corrected chi connectivity index (χ4v) is 4.26. The highest BCUT2D eigenvalue weighted by molar-refractivity contribution is 7.92. The van der Waals surface area contributed by atoms with Crippen LogP contribution in [0.25, 0.3) is 0 Å². The summed E-state index contributed by atoms with van der Waals surface area (Å²) < 4.78 is 65.7. The van der Waals surface area contributed by atoms with Gasteiger partial charge in [0.05, 0.1) is 10.1 Å². The zero-order valence-electron chi connectivity index (χ0n) is 15.9. The van der Waals surface area contributed by atoms with Gasteiger partial charge in [0, 0.05) is 17.8 Å². The minimum Gasteiger partial charge on any atom is -0.406 e. The van der Waals surface area contributed by atoms with Crippen LogP contribution in [0.1, 0.15) is 36.2 Å². The second kappa shape index (κ2) is 7.70. The van der Waals surface area contributed by atoms with Crippen LogP contribution in [0.4, 0.5) is 18.9 Å². The molecule has 0 saturated heterocycles. The summed E-state index contributed by atoms with van der Waals surface area (Å²) in [7, 11) is -3.44. The SMILES string of the molecule is CC(C)S(=O)(=O)c1ccc(C(=O)N2CCCc3cc(OC(F)(F)F)ccc32)cc1. The van der Waals surface area contributed by atoms with Crippen LogP contribution in [0.5, 0.6) is 5.75 Å². The van der Waals surface area contributed by atoms with E-state index in [2.05, 4.69) is 4.74 Å². The quantitative estimate of drug-likeness (QED) is 0.727. The zero-order valence-corrected chi connectivity index (χ0v) is 16.7. The maximum Gasteiger partial charge on any atom is 0.573 e. The van der Waals surface area contributed by atoms with E-state index in [1.807, 2.05) is 0 Å². The Morgan fingerprint density at radius 3 is 2.34 bits per heavy atom. The van der Waals surface area contributed by atoms with Crippen molar-refractivity contribution in [1.29, 1.82) is 0 Å². The maximum atomic E-state index is 12.9. The van der Waals surface area contributed by atoms with E-state index in [4.69, 9.17) is 0 Å². The van der Waals surface area contributed by atoms with Gasteiger partial charge < -0.3 is 9.64 Å². The number of rotatable bonds is 4. The van der Waals surface area contributed by atoms with Gasteiger partial charge in [-0.2, -0.15) is 0 Å². The Labute approximate surface area is 167 Å². The van der Waals surface area contributed by atoms with Crippen molar-refractivity contribution in [1.82, 2.24) is 0 Å². The lowest BCUT2D eigenvalue weighted by Gasteiger charge is -2.30. The first kappa shape index (κ1) is 21.2. The molecule has 0 spiro atoms. The van der Waals surface area contributed by atoms with Crippen molar-refractivity contribution < 1.29 is 31.1 Å². The number of alkyl halides is 3. The molecule has 0 unspecified atom stereocenters. The molecule has 156 valence electrons. The largest absolute Gasteiger partial charge is 0.573 e. The van der Waals surface area contributed by atoms with Crippen molar-refractivity contribution in [3.05, 3.63) is 53.6 Å². The van der Waals surface area contributed by atoms with Gasteiger partial charge >= 0.3 is 6.36 Å². The molecular formula is C20H20F3NO4S. The number of anilines is 1. The number of amides is 1. The van der Waals surface area contributed by atoms with Crippen LogP contribution in [0, 0.1) is 0 Å². The molecule has 9 heteroatoms.